The largest absolute Gasteiger partial charge is 0.379 e. The molecule has 2 aliphatic heterocycles. The van der Waals surface area contributed by atoms with Crippen molar-refractivity contribution >= 4 is 35.6 Å². The lowest BCUT2D eigenvalue weighted by Crippen LogP contribution is -2.42. The second-order valence-electron chi connectivity index (χ2n) is 7.92. The van der Waals surface area contributed by atoms with Crippen molar-refractivity contribution in [3.63, 3.8) is 0 Å². The first-order valence-corrected chi connectivity index (χ1v) is 10.1. The number of nitrogens with zero attached hydrogens (tertiary/aromatic N) is 4. The van der Waals surface area contributed by atoms with Crippen molar-refractivity contribution in [2.75, 3.05) is 72.0 Å². The van der Waals surface area contributed by atoms with Crippen LogP contribution < -0.4 is 10.2 Å². The van der Waals surface area contributed by atoms with Crippen LogP contribution in [-0.2, 0) is 11.3 Å². The van der Waals surface area contributed by atoms with Gasteiger partial charge in [0.05, 0.1) is 13.2 Å². The van der Waals surface area contributed by atoms with Gasteiger partial charge in [-0.15, -0.1) is 24.0 Å². The molecule has 2 aliphatic rings. The van der Waals surface area contributed by atoms with Crippen molar-refractivity contribution in [2.45, 2.75) is 19.9 Å². The fourth-order valence-electron chi connectivity index (χ4n) is 3.99. The monoisotopic (exact) mass is 501 g/mol. The van der Waals surface area contributed by atoms with Crippen molar-refractivity contribution in [3.05, 3.63) is 29.3 Å². The van der Waals surface area contributed by atoms with E-state index in [0.717, 1.165) is 57.8 Å². The fourth-order valence-corrected chi connectivity index (χ4v) is 3.99. The summed E-state index contributed by atoms with van der Waals surface area (Å²) in [6.45, 7) is 10.3. The summed E-state index contributed by atoms with van der Waals surface area (Å²) in [4.78, 5) is 11.6. The second-order valence-corrected chi connectivity index (χ2v) is 7.92. The Morgan fingerprint density at radius 1 is 1.25 bits per heavy atom. The number of hydrogen-bond acceptors (Lipinski definition) is 4. The van der Waals surface area contributed by atoms with E-state index in [4.69, 9.17) is 4.74 Å². The van der Waals surface area contributed by atoms with Crippen LogP contribution >= 0.6 is 24.0 Å². The topological polar surface area (TPSA) is 43.3 Å². The zero-order valence-corrected chi connectivity index (χ0v) is 20.1. The number of benzene rings is 1. The van der Waals surface area contributed by atoms with Crippen molar-refractivity contribution < 1.29 is 4.74 Å². The van der Waals surface area contributed by atoms with Crippen LogP contribution in [0, 0.1) is 12.8 Å². The van der Waals surface area contributed by atoms with Crippen LogP contribution in [0.4, 0.5) is 5.69 Å². The number of anilines is 1. The molecule has 1 aromatic carbocycles. The highest BCUT2D eigenvalue weighted by atomic mass is 127. The minimum atomic E-state index is 0. The van der Waals surface area contributed by atoms with Crippen LogP contribution in [0.15, 0.2) is 23.2 Å². The van der Waals surface area contributed by atoms with E-state index >= 15 is 0 Å². The molecule has 1 N–H and O–H groups in total. The maximum atomic E-state index is 5.46. The molecule has 1 aromatic rings. The van der Waals surface area contributed by atoms with Crippen molar-refractivity contribution in [1.82, 2.24) is 15.1 Å². The predicted molar refractivity (Wildman–Crippen MR) is 128 cm³/mol. The Labute approximate surface area is 187 Å². The first-order valence-electron chi connectivity index (χ1n) is 10.1. The third-order valence-electron chi connectivity index (χ3n) is 5.70. The standard InChI is InChI=1S/C21H35N5O.HI/c1-17-13-20(24(3)4)6-5-19(17)14-23-21(22-2)26-8-7-18(16-26)15-25-9-11-27-12-10-25;/h5-6,13,18H,7-12,14-16H2,1-4H3,(H,22,23);1H. The molecule has 0 saturated carbocycles. The van der Waals surface area contributed by atoms with Crippen molar-refractivity contribution in [3.8, 4) is 0 Å². The predicted octanol–water partition coefficient (Wildman–Crippen LogP) is 2.41. The molecular weight excluding hydrogens is 465 g/mol. The van der Waals surface area contributed by atoms with Gasteiger partial charge in [-0.25, -0.2) is 0 Å². The van der Waals surface area contributed by atoms with Crippen LogP contribution in [0.5, 0.6) is 0 Å². The number of aryl methyl sites for hydroxylation is 1. The molecule has 2 saturated heterocycles. The first kappa shape index (κ1) is 23.2. The molecule has 0 aromatic heterocycles. The van der Waals surface area contributed by atoms with Gasteiger partial charge in [0.25, 0.3) is 0 Å². The molecule has 1 atom stereocenters. The van der Waals surface area contributed by atoms with E-state index in [2.05, 4.69) is 64.2 Å². The quantitative estimate of drug-likeness (QED) is 0.382. The Morgan fingerprint density at radius 2 is 2.00 bits per heavy atom. The Bertz CT molecular complexity index is 646. The molecule has 2 heterocycles. The van der Waals surface area contributed by atoms with Gasteiger partial charge in [0.2, 0.25) is 0 Å². The Hall–Kier alpha value is -1.06. The molecule has 0 radical (unpaired) electrons. The number of aliphatic imine (C=N–C) groups is 1. The van der Waals surface area contributed by atoms with Gasteiger partial charge in [0.1, 0.15) is 0 Å². The Morgan fingerprint density at radius 3 is 2.64 bits per heavy atom. The SMILES string of the molecule is CN=C(NCc1ccc(N(C)C)cc1C)N1CCC(CN2CCOCC2)C1.I. The van der Waals surface area contributed by atoms with Crippen LogP contribution in [0.25, 0.3) is 0 Å². The maximum Gasteiger partial charge on any atom is 0.193 e. The molecule has 0 bridgehead atoms. The van der Waals surface area contributed by atoms with E-state index in [9.17, 15) is 0 Å². The van der Waals surface area contributed by atoms with E-state index in [1.165, 1.54) is 29.8 Å². The van der Waals surface area contributed by atoms with Crippen molar-refractivity contribution in [1.29, 1.82) is 0 Å². The summed E-state index contributed by atoms with van der Waals surface area (Å²) in [5.41, 5.74) is 3.88. The summed E-state index contributed by atoms with van der Waals surface area (Å²) in [5.74, 6) is 1.75. The van der Waals surface area contributed by atoms with Crippen LogP contribution in [-0.4, -0.2) is 82.8 Å². The normalized spacial score (nSPS) is 20.8. The highest BCUT2D eigenvalue weighted by molar-refractivity contribution is 14.0. The first-order chi connectivity index (χ1) is 13.1. The summed E-state index contributed by atoms with van der Waals surface area (Å²) in [5, 5.41) is 3.57. The number of halogens is 1. The Balaban J connectivity index is 0.00000280. The van der Waals surface area contributed by atoms with Gasteiger partial charge in [-0.1, -0.05) is 6.07 Å². The molecule has 7 heteroatoms. The molecule has 0 spiro atoms. The third-order valence-corrected chi connectivity index (χ3v) is 5.70. The van der Waals surface area contributed by atoms with Gasteiger partial charge in [-0.3, -0.25) is 9.89 Å². The summed E-state index contributed by atoms with van der Waals surface area (Å²) in [7, 11) is 6.05. The molecule has 1 unspecified atom stereocenters. The average Bonchev–Trinajstić information content (AvgIpc) is 3.12. The van der Waals surface area contributed by atoms with Crippen molar-refractivity contribution in [2.24, 2.45) is 10.9 Å². The minimum Gasteiger partial charge on any atom is -0.379 e. The molecule has 0 aliphatic carbocycles. The molecule has 28 heavy (non-hydrogen) atoms. The number of nitrogens with one attached hydrogen (secondary N) is 1. The molecular formula is C21H36IN5O. The number of hydrogen-bond donors (Lipinski definition) is 1. The second kappa shape index (κ2) is 11.2. The lowest BCUT2D eigenvalue weighted by Gasteiger charge is -2.29. The van der Waals surface area contributed by atoms with E-state index in [-0.39, 0.29) is 24.0 Å². The van der Waals surface area contributed by atoms with Crippen LogP contribution in [0.3, 0.4) is 0 Å². The molecule has 3 rings (SSSR count). The summed E-state index contributed by atoms with van der Waals surface area (Å²) in [6, 6.07) is 6.64. The fraction of sp³-hybridized carbons (Fsp3) is 0.667. The van der Waals surface area contributed by atoms with Gasteiger partial charge in [0.15, 0.2) is 5.96 Å². The Kier molecular flexibility index (Phi) is 9.30. The third kappa shape index (κ3) is 6.22. The highest BCUT2D eigenvalue weighted by Crippen LogP contribution is 2.20. The van der Waals surface area contributed by atoms with Gasteiger partial charge >= 0.3 is 0 Å². The maximum absolute atomic E-state index is 5.46. The highest BCUT2D eigenvalue weighted by Gasteiger charge is 2.27. The van der Waals surface area contributed by atoms with Crippen LogP contribution in [0.2, 0.25) is 0 Å². The molecule has 0 amide bonds. The number of rotatable bonds is 5. The number of guanidine groups is 1. The van der Waals surface area contributed by atoms with E-state index in [0.29, 0.717) is 0 Å². The molecule has 6 nitrogen and oxygen atoms in total. The number of morpholine rings is 1. The van der Waals surface area contributed by atoms with Gasteiger partial charge in [0, 0.05) is 66.1 Å². The lowest BCUT2D eigenvalue weighted by atomic mass is 10.1. The summed E-state index contributed by atoms with van der Waals surface area (Å²) < 4.78 is 5.46. The minimum absolute atomic E-state index is 0. The number of ether oxygens (including phenoxy) is 1. The lowest BCUT2D eigenvalue weighted by molar-refractivity contribution is 0.0315. The van der Waals surface area contributed by atoms with Gasteiger partial charge in [-0.05, 0) is 42.5 Å². The smallest absolute Gasteiger partial charge is 0.193 e. The zero-order chi connectivity index (χ0) is 19.2. The summed E-state index contributed by atoms with van der Waals surface area (Å²) in [6.07, 6.45) is 1.24. The molecule has 158 valence electrons. The van der Waals surface area contributed by atoms with E-state index in [1.54, 1.807) is 0 Å². The average molecular weight is 501 g/mol. The zero-order valence-electron chi connectivity index (χ0n) is 17.8. The van der Waals surface area contributed by atoms with E-state index < -0.39 is 0 Å². The van der Waals surface area contributed by atoms with Crippen LogP contribution in [0.1, 0.15) is 17.5 Å². The molecule has 2 fully saturated rings. The van der Waals surface area contributed by atoms with Gasteiger partial charge in [-0.2, -0.15) is 0 Å². The van der Waals surface area contributed by atoms with Gasteiger partial charge < -0.3 is 19.9 Å². The summed E-state index contributed by atoms with van der Waals surface area (Å²) >= 11 is 0. The number of likely N-dealkylation sites (tertiary alicyclic amines) is 1. The van der Waals surface area contributed by atoms with E-state index in [1.807, 2.05) is 7.05 Å².